The van der Waals surface area contributed by atoms with Crippen LogP contribution in [0.25, 0.3) is 0 Å². The topological polar surface area (TPSA) is 115 Å². The van der Waals surface area contributed by atoms with Crippen LogP contribution in [-0.2, 0) is 16.1 Å². The van der Waals surface area contributed by atoms with Gasteiger partial charge in [0.15, 0.2) is 6.61 Å². The van der Waals surface area contributed by atoms with Crippen molar-refractivity contribution in [1.82, 2.24) is 15.0 Å². The number of carboxylic acids is 1. The Kier molecular flexibility index (Phi) is 5.70. The number of rotatable bonds is 7. The van der Waals surface area contributed by atoms with Gasteiger partial charge < -0.3 is 24.0 Å². The number of benzene rings is 1. The van der Waals surface area contributed by atoms with Crippen molar-refractivity contribution < 1.29 is 28.7 Å². The molecule has 1 aromatic heterocycles. The van der Waals surface area contributed by atoms with Crippen molar-refractivity contribution in [3.8, 4) is 5.75 Å². The first-order valence-corrected chi connectivity index (χ1v) is 8.54. The van der Waals surface area contributed by atoms with Gasteiger partial charge in [-0.1, -0.05) is 11.2 Å². The number of likely N-dealkylation sites (tertiary alicyclic amines) is 1. The highest BCUT2D eigenvalue weighted by Crippen LogP contribution is 2.26. The number of aryl methyl sites for hydroxylation is 1. The lowest BCUT2D eigenvalue weighted by molar-refractivity contribution is -0.138. The number of carboxylic acid groups (broad SMARTS) is 1. The Labute approximate surface area is 155 Å². The number of nitrogens with zero attached hydrogens (tertiary/aromatic N) is 3. The minimum Gasteiger partial charge on any atom is -0.485 e. The van der Waals surface area contributed by atoms with Crippen molar-refractivity contribution in [1.29, 1.82) is 0 Å². The van der Waals surface area contributed by atoms with Crippen molar-refractivity contribution in [2.45, 2.75) is 38.5 Å². The monoisotopic (exact) mass is 375 g/mol. The lowest BCUT2D eigenvalue weighted by Gasteiger charge is -2.23. The highest BCUT2D eigenvalue weighted by Gasteiger charge is 2.37. The molecule has 0 spiro atoms. The number of amides is 1. The summed E-state index contributed by atoms with van der Waals surface area (Å²) in [6.07, 6.45) is 0.222. The van der Waals surface area contributed by atoms with Gasteiger partial charge in [0.2, 0.25) is 11.7 Å². The Morgan fingerprint density at radius 3 is 2.89 bits per heavy atom. The Morgan fingerprint density at radius 2 is 2.22 bits per heavy atom. The summed E-state index contributed by atoms with van der Waals surface area (Å²) in [7, 11) is 1.56. The molecular formula is C18H21N3O6. The maximum absolute atomic E-state index is 12.9. The second-order valence-electron chi connectivity index (χ2n) is 6.35. The Hall–Kier alpha value is -2.94. The van der Waals surface area contributed by atoms with E-state index in [4.69, 9.17) is 19.1 Å². The highest BCUT2D eigenvalue weighted by atomic mass is 16.5. The van der Waals surface area contributed by atoms with E-state index in [0.29, 0.717) is 36.0 Å². The predicted molar refractivity (Wildman–Crippen MR) is 92.3 cm³/mol. The second-order valence-corrected chi connectivity index (χ2v) is 6.35. The molecule has 9 nitrogen and oxygen atoms in total. The number of carbonyl (C=O) groups is 2. The van der Waals surface area contributed by atoms with Gasteiger partial charge in [-0.3, -0.25) is 9.59 Å². The summed E-state index contributed by atoms with van der Waals surface area (Å²) >= 11 is 0. The van der Waals surface area contributed by atoms with Gasteiger partial charge in [-0.15, -0.1) is 0 Å². The fourth-order valence-electron chi connectivity index (χ4n) is 3.12. The van der Waals surface area contributed by atoms with Crippen LogP contribution in [-0.4, -0.2) is 57.8 Å². The van der Waals surface area contributed by atoms with Crippen LogP contribution in [0.15, 0.2) is 28.8 Å². The number of hydrogen-bond acceptors (Lipinski definition) is 7. The Morgan fingerprint density at radius 1 is 1.41 bits per heavy atom. The van der Waals surface area contributed by atoms with E-state index in [9.17, 15) is 9.59 Å². The minimum atomic E-state index is -0.943. The van der Waals surface area contributed by atoms with Crippen LogP contribution in [0.3, 0.4) is 0 Å². The summed E-state index contributed by atoms with van der Waals surface area (Å²) in [5.74, 6) is 0.154. The van der Waals surface area contributed by atoms with Gasteiger partial charge >= 0.3 is 5.97 Å². The first kappa shape index (κ1) is 18.8. The standard InChI is InChI=1S/C18H21N3O6/c1-11-19-16(20-27-11)10-26-14-5-3-4-12(6-14)18(24)21-9-15(25-2)7-13(21)8-17(22)23/h3-6,13,15H,7-10H2,1-2H3,(H,22,23). The average molecular weight is 375 g/mol. The lowest BCUT2D eigenvalue weighted by atomic mass is 10.1. The molecule has 1 amide bonds. The summed E-state index contributed by atoms with van der Waals surface area (Å²) in [6.45, 7) is 2.17. The van der Waals surface area contributed by atoms with Gasteiger partial charge in [0, 0.05) is 32.2 Å². The molecule has 1 saturated heterocycles. The van der Waals surface area contributed by atoms with Gasteiger partial charge in [0.1, 0.15) is 5.75 Å². The Balaban J connectivity index is 1.70. The molecule has 2 unspecified atom stereocenters. The summed E-state index contributed by atoms with van der Waals surface area (Å²) in [5, 5.41) is 12.9. The van der Waals surface area contributed by atoms with Crippen molar-refractivity contribution >= 4 is 11.9 Å². The number of aliphatic carboxylic acids is 1. The highest BCUT2D eigenvalue weighted by molar-refractivity contribution is 5.95. The third-order valence-corrected chi connectivity index (χ3v) is 4.40. The molecule has 1 N–H and O–H groups in total. The van der Waals surface area contributed by atoms with E-state index in [1.807, 2.05) is 0 Å². The molecule has 9 heteroatoms. The summed E-state index contributed by atoms with van der Waals surface area (Å²) in [4.78, 5) is 29.6. The molecule has 2 atom stereocenters. The smallest absolute Gasteiger partial charge is 0.305 e. The number of aromatic nitrogens is 2. The number of ether oxygens (including phenoxy) is 2. The van der Waals surface area contributed by atoms with Crippen LogP contribution in [0.1, 0.15) is 34.9 Å². The number of hydrogen-bond donors (Lipinski definition) is 1. The van der Waals surface area contributed by atoms with Crippen LogP contribution in [0.4, 0.5) is 0 Å². The van der Waals surface area contributed by atoms with E-state index in [2.05, 4.69) is 10.1 Å². The molecular weight excluding hydrogens is 354 g/mol. The first-order chi connectivity index (χ1) is 13.0. The lowest BCUT2D eigenvalue weighted by Crippen LogP contribution is -2.37. The van der Waals surface area contributed by atoms with E-state index in [1.54, 1.807) is 43.2 Å². The van der Waals surface area contributed by atoms with Gasteiger partial charge in [0.25, 0.3) is 5.91 Å². The zero-order valence-electron chi connectivity index (χ0n) is 15.1. The molecule has 0 saturated carbocycles. The van der Waals surface area contributed by atoms with E-state index in [-0.39, 0.29) is 25.0 Å². The molecule has 1 aliphatic heterocycles. The zero-order chi connectivity index (χ0) is 19.4. The average Bonchev–Trinajstić information content (AvgIpc) is 3.25. The maximum atomic E-state index is 12.9. The molecule has 1 aromatic carbocycles. The van der Waals surface area contributed by atoms with E-state index in [0.717, 1.165) is 0 Å². The van der Waals surface area contributed by atoms with Gasteiger partial charge in [-0.25, -0.2) is 0 Å². The van der Waals surface area contributed by atoms with Crippen LogP contribution < -0.4 is 4.74 Å². The van der Waals surface area contributed by atoms with Crippen molar-refractivity contribution in [3.63, 3.8) is 0 Å². The molecule has 27 heavy (non-hydrogen) atoms. The van der Waals surface area contributed by atoms with Crippen molar-refractivity contribution in [3.05, 3.63) is 41.5 Å². The normalized spacial score (nSPS) is 19.3. The number of methoxy groups -OCH3 is 1. The molecule has 1 aliphatic rings. The molecule has 2 aromatic rings. The van der Waals surface area contributed by atoms with Gasteiger partial charge in [-0.2, -0.15) is 4.98 Å². The van der Waals surface area contributed by atoms with Crippen molar-refractivity contribution in [2.24, 2.45) is 0 Å². The second kappa shape index (κ2) is 8.17. The Bertz CT molecular complexity index is 821. The van der Waals surface area contributed by atoms with Crippen molar-refractivity contribution in [2.75, 3.05) is 13.7 Å². The molecule has 0 aliphatic carbocycles. The number of carbonyl (C=O) groups excluding carboxylic acids is 1. The van der Waals surface area contributed by atoms with Crippen LogP contribution in [0.5, 0.6) is 5.75 Å². The van der Waals surface area contributed by atoms with E-state index >= 15 is 0 Å². The van der Waals surface area contributed by atoms with Crippen LogP contribution in [0.2, 0.25) is 0 Å². The SMILES string of the molecule is COC1CC(CC(=O)O)N(C(=O)c2cccc(OCc3noc(C)n3)c2)C1. The maximum Gasteiger partial charge on any atom is 0.305 e. The largest absolute Gasteiger partial charge is 0.485 e. The quantitative estimate of drug-likeness (QED) is 0.777. The molecule has 144 valence electrons. The summed E-state index contributed by atoms with van der Waals surface area (Å²) in [6, 6.07) is 6.33. The summed E-state index contributed by atoms with van der Waals surface area (Å²) in [5.41, 5.74) is 0.420. The van der Waals surface area contributed by atoms with Gasteiger partial charge in [0.05, 0.1) is 12.5 Å². The minimum absolute atomic E-state index is 0.112. The fraction of sp³-hybridized carbons (Fsp3) is 0.444. The molecule has 3 rings (SSSR count). The van der Waals surface area contributed by atoms with Gasteiger partial charge in [-0.05, 0) is 24.6 Å². The third kappa shape index (κ3) is 4.62. The fourth-order valence-corrected chi connectivity index (χ4v) is 3.12. The molecule has 0 bridgehead atoms. The first-order valence-electron chi connectivity index (χ1n) is 8.54. The van der Waals surface area contributed by atoms with E-state index in [1.165, 1.54) is 0 Å². The molecule has 2 heterocycles. The molecule has 0 radical (unpaired) electrons. The third-order valence-electron chi connectivity index (χ3n) is 4.40. The summed E-state index contributed by atoms with van der Waals surface area (Å²) < 4.78 is 15.8. The predicted octanol–water partition coefficient (Wildman–Crippen LogP) is 1.66. The zero-order valence-corrected chi connectivity index (χ0v) is 15.1. The van der Waals surface area contributed by atoms with Crippen LogP contribution >= 0.6 is 0 Å². The van der Waals surface area contributed by atoms with Crippen LogP contribution in [0, 0.1) is 6.92 Å². The van der Waals surface area contributed by atoms with E-state index < -0.39 is 12.0 Å². The molecule has 1 fully saturated rings.